The summed E-state index contributed by atoms with van der Waals surface area (Å²) in [5.74, 6) is 0.582. The zero-order valence-electron chi connectivity index (χ0n) is 12.8. The van der Waals surface area contributed by atoms with Crippen molar-refractivity contribution in [1.29, 1.82) is 0 Å². The van der Waals surface area contributed by atoms with E-state index in [1.165, 1.54) is 0 Å². The molecule has 1 aliphatic heterocycles. The summed E-state index contributed by atoms with van der Waals surface area (Å²) in [7, 11) is -3.45. The number of rotatable bonds is 4. The van der Waals surface area contributed by atoms with E-state index in [1.807, 2.05) is 6.92 Å². The van der Waals surface area contributed by atoms with Crippen molar-refractivity contribution in [3.05, 3.63) is 29.8 Å². The molecule has 1 N–H and O–H groups in total. The molecule has 0 amide bonds. The van der Waals surface area contributed by atoms with Crippen LogP contribution >= 0.6 is 0 Å². The molecule has 2 unspecified atom stereocenters. The van der Waals surface area contributed by atoms with Gasteiger partial charge in [0, 0.05) is 13.1 Å². The first-order chi connectivity index (χ1) is 9.95. The molecule has 0 bridgehead atoms. The lowest BCUT2D eigenvalue weighted by Crippen LogP contribution is -2.32. The van der Waals surface area contributed by atoms with Crippen molar-refractivity contribution >= 4 is 10.0 Å². The van der Waals surface area contributed by atoms with Crippen LogP contribution in [0.15, 0.2) is 29.2 Å². The molecule has 0 spiro atoms. The third-order valence-electron chi connectivity index (χ3n) is 4.24. The standard InChI is InChI=1S/C16H25NO3S/c1-3-16(18)14-7-4-8-15(12-14)21(19,20)17-10-5-6-13(2)9-11-17/h4,7-8,12-13,16,18H,3,5-6,9-11H2,1-2H3. The van der Waals surface area contributed by atoms with Crippen LogP contribution in [0.4, 0.5) is 0 Å². The molecular weight excluding hydrogens is 286 g/mol. The van der Waals surface area contributed by atoms with Crippen LogP contribution in [0.25, 0.3) is 0 Å². The minimum absolute atomic E-state index is 0.294. The normalized spacial score (nSPS) is 22.7. The molecule has 1 aliphatic rings. The van der Waals surface area contributed by atoms with Gasteiger partial charge in [-0.15, -0.1) is 0 Å². The molecule has 5 heteroatoms. The Balaban J connectivity index is 2.26. The predicted octanol–water partition coefficient (Wildman–Crippen LogP) is 2.94. The summed E-state index contributed by atoms with van der Waals surface area (Å²) in [5, 5.41) is 9.90. The number of aliphatic hydroxyl groups excluding tert-OH is 1. The Morgan fingerprint density at radius 2 is 2.10 bits per heavy atom. The number of benzene rings is 1. The van der Waals surface area contributed by atoms with Crippen LogP contribution in [0.5, 0.6) is 0 Å². The van der Waals surface area contributed by atoms with Crippen molar-refractivity contribution in [3.8, 4) is 0 Å². The van der Waals surface area contributed by atoms with Crippen LogP contribution in [0.2, 0.25) is 0 Å². The summed E-state index contributed by atoms with van der Waals surface area (Å²) in [5.41, 5.74) is 0.668. The van der Waals surface area contributed by atoms with Gasteiger partial charge in [0.2, 0.25) is 10.0 Å². The van der Waals surface area contributed by atoms with E-state index in [0.717, 1.165) is 19.3 Å². The van der Waals surface area contributed by atoms with Crippen molar-refractivity contribution in [1.82, 2.24) is 4.31 Å². The molecule has 2 atom stereocenters. The molecule has 0 aliphatic carbocycles. The van der Waals surface area contributed by atoms with Gasteiger partial charge in [0.1, 0.15) is 0 Å². The van der Waals surface area contributed by atoms with E-state index in [2.05, 4.69) is 6.92 Å². The minimum Gasteiger partial charge on any atom is -0.388 e. The highest BCUT2D eigenvalue weighted by Crippen LogP contribution is 2.25. The lowest BCUT2D eigenvalue weighted by molar-refractivity contribution is 0.173. The molecule has 1 aromatic carbocycles. The second-order valence-electron chi connectivity index (χ2n) is 5.94. The van der Waals surface area contributed by atoms with Crippen molar-refractivity contribution in [2.75, 3.05) is 13.1 Å². The van der Waals surface area contributed by atoms with E-state index >= 15 is 0 Å². The van der Waals surface area contributed by atoms with Gasteiger partial charge in [-0.1, -0.05) is 26.0 Å². The average molecular weight is 311 g/mol. The SMILES string of the molecule is CCC(O)c1cccc(S(=O)(=O)N2CCCC(C)CC2)c1. The Morgan fingerprint density at radius 3 is 2.81 bits per heavy atom. The molecule has 2 rings (SSSR count). The zero-order chi connectivity index (χ0) is 15.5. The highest BCUT2D eigenvalue weighted by molar-refractivity contribution is 7.89. The van der Waals surface area contributed by atoms with Gasteiger partial charge in [-0.05, 0) is 49.3 Å². The molecule has 1 heterocycles. The topological polar surface area (TPSA) is 57.6 Å². The summed E-state index contributed by atoms with van der Waals surface area (Å²) in [6, 6.07) is 6.71. The fourth-order valence-corrected chi connectivity index (χ4v) is 4.29. The summed E-state index contributed by atoms with van der Waals surface area (Å²) in [4.78, 5) is 0.294. The first-order valence-corrected chi connectivity index (χ1v) is 9.17. The highest BCUT2D eigenvalue weighted by Gasteiger charge is 2.27. The largest absolute Gasteiger partial charge is 0.388 e. The van der Waals surface area contributed by atoms with Crippen molar-refractivity contribution in [2.24, 2.45) is 5.92 Å². The molecule has 1 aromatic rings. The van der Waals surface area contributed by atoms with Crippen LogP contribution < -0.4 is 0 Å². The Kier molecular flexibility index (Phi) is 5.41. The number of aliphatic hydroxyl groups is 1. The average Bonchev–Trinajstić information content (AvgIpc) is 2.71. The van der Waals surface area contributed by atoms with E-state index in [1.54, 1.807) is 28.6 Å². The van der Waals surface area contributed by atoms with Gasteiger partial charge >= 0.3 is 0 Å². The van der Waals surface area contributed by atoms with Crippen LogP contribution in [0, 0.1) is 5.92 Å². The zero-order valence-corrected chi connectivity index (χ0v) is 13.6. The number of hydrogen-bond acceptors (Lipinski definition) is 3. The molecule has 1 saturated heterocycles. The number of nitrogens with zero attached hydrogens (tertiary/aromatic N) is 1. The summed E-state index contributed by atoms with van der Waals surface area (Å²) >= 11 is 0. The number of hydrogen-bond donors (Lipinski definition) is 1. The van der Waals surface area contributed by atoms with Crippen molar-refractivity contribution in [2.45, 2.75) is 50.5 Å². The fourth-order valence-electron chi connectivity index (χ4n) is 2.74. The van der Waals surface area contributed by atoms with Gasteiger partial charge < -0.3 is 5.11 Å². The third kappa shape index (κ3) is 3.84. The summed E-state index contributed by atoms with van der Waals surface area (Å²) in [6.45, 7) is 5.23. The van der Waals surface area contributed by atoms with Crippen molar-refractivity contribution in [3.63, 3.8) is 0 Å². The van der Waals surface area contributed by atoms with Gasteiger partial charge in [0.05, 0.1) is 11.0 Å². The van der Waals surface area contributed by atoms with E-state index in [4.69, 9.17) is 0 Å². The second-order valence-corrected chi connectivity index (χ2v) is 7.87. The monoisotopic (exact) mass is 311 g/mol. The van der Waals surface area contributed by atoms with Gasteiger partial charge in [-0.3, -0.25) is 0 Å². The minimum atomic E-state index is -3.45. The molecule has 0 aromatic heterocycles. The summed E-state index contributed by atoms with van der Waals surface area (Å²) in [6.07, 6.45) is 2.88. The molecule has 0 saturated carbocycles. The third-order valence-corrected chi connectivity index (χ3v) is 6.14. The Hall–Kier alpha value is -0.910. The van der Waals surface area contributed by atoms with Crippen LogP contribution in [-0.4, -0.2) is 30.9 Å². The highest BCUT2D eigenvalue weighted by atomic mass is 32.2. The predicted molar refractivity (Wildman–Crippen MR) is 83.5 cm³/mol. The summed E-state index contributed by atoms with van der Waals surface area (Å²) < 4.78 is 27.1. The molecule has 1 fully saturated rings. The number of sulfonamides is 1. The first-order valence-electron chi connectivity index (χ1n) is 7.73. The Morgan fingerprint density at radius 1 is 1.33 bits per heavy atom. The molecule has 21 heavy (non-hydrogen) atoms. The molecule has 118 valence electrons. The van der Waals surface area contributed by atoms with Crippen molar-refractivity contribution < 1.29 is 13.5 Å². The lowest BCUT2D eigenvalue weighted by Gasteiger charge is -2.21. The first kappa shape index (κ1) is 16.5. The molecule has 4 nitrogen and oxygen atoms in total. The Labute approximate surface area is 127 Å². The van der Waals surface area contributed by atoms with E-state index < -0.39 is 16.1 Å². The Bertz CT molecular complexity index is 571. The maximum atomic E-state index is 12.8. The van der Waals surface area contributed by atoms with Crippen LogP contribution in [-0.2, 0) is 10.0 Å². The second kappa shape index (κ2) is 6.90. The van der Waals surface area contributed by atoms with Crippen LogP contribution in [0.1, 0.15) is 51.2 Å². The van der Waals surface area contributed by atoms with Gasteiger partial charge in [-0.25, -0.2) is 8.42 Å². The quantitative estimate of drug-likeness (QED) is 0.930. The van der Waals surface area contributed by atoms with Gasteiger partial charge in [0.15, 0.2) is 0 Å². The van der Waals surface area contributed by atoms with Gasteiger partial charge in [0.25, 0.3) is 0 Å². The molecular formula is C16H25NO3S. The fraction of sp³-hybridized carbons (Fsp3) is 0.625. The van der Waals surface area contributed by atoms with E-state index in [9.17, 15) is 13.5 Å². The van der Waals surface area contributed by atoms with Crippen LogP contribution in [0.3, 0.4) is 0 Å². The van der Waals surface area contributed by atoms with Gasteiger partial charge in [-0.2, -0.15) is 4.31 Å². The molecule has 0 radical (unpaired) electrons. The smallest absolute Gasteiger partial charge is 0.243 e. The maximum absolute atomic E-state index is 12.8. The lowest BCUT2D eigenvalue weighted by atomic mass is 10.0. The van der Waals surface area contributed by atoms with E-state index in [0.29, 0.717) is 35.9 Å². The van der Waals surface area contributed by atoms with E-state index in [-0.39, 0.29) is 0 Å². The maximum Gasteiger partial charge on any atom is 0.243 e.